The van der Waals surface area contributed by atoms with Gasteiger partial charge in [0.05, 0.1) is 25.6 Å². The highest BCUT2D eigenvalue weighted by molar-refractivity contribution is 7.81. The minimum Gasteiger partial charge on any atom is -0.481 e. The number of carboxylic acids is 1. The number of nitrogens with zero attached hydrogens (tertiary/aromatic N) is 1. The summed E-state index contributed by atoms with van der Waals surface area (Å²) < 4.78 is 0. The van der Waals surface area contributed by atoms with Gasteiger partial charge in [0.2, 0.25) is 0 Å². The quantitative estimate of drug-likeness (QED) is 0.339. The van der Waals surface area contributed by atoms with Gasteiger partial charge in [-0.05, 0) is 0 Å². The van der Waals surface area contributed by atoms with Gasteiger partial charge in [0.15, 0.2) is 0 Å². The molecule has 0 rings (SSSR count). The highest BCUT2D eigenvalue weighted by Gasteiger charge is 2.00. The molecule has 0 aliphatic rings. The Morgan fingerprint density at radius 1 is 1.00 bits per heavy atom. The number of rotatable bonds is 7. The number of hydrogen-bond acceptors (Lipinski definition) is 6. The second kappa shape index (κ2) is 13.7. The van der Waals surface area contributed by atoms with E-state index < -0.39 is 5.97 Å². The normalized spacial score (nSPS) is 9.67. The molecule has 0 saturated heterocycles. The molecule has 0 unspecified atom stereocenters. The van der Waals surface area contributed by atoms with E-state index in [4.69, 9.17) is 20.4 Å². The van der Waals surface area contributed by atoms with Crippen molar-refractivity contribution in [3.63, 3.8) is 0 Å². The van der Waals surface area contributed by atoms with Crippen molar-refractivity contribution in [3.8, 4) is 0 Å². The number of aliphatic carboxylic acids is 1. The van der Waals surface area contributed by atoms with Crippen molar-refractivity contribution in [2.24, 2.45) is 0 Å². The van der Waals surface area contributed by atoms with E-state index in [1.54, 1.807) is 4.90 Å². The molecule has 6 nitrogen and oxygen atoms in total. The zero-order chi connectivity index (χ0) is 12.1. The van der Waals surface area contributed by atoms with Crippen molar-refractivity contribution < 1.29 is 25.2 Å². The maximum absolute atomic E-state index is 9.29. The van der Waals surface area contributed by atoms with E-state index in [1.165, 1.54) is 0 Å². The van der Waals surface area contributed by atoms with Crippen LogP contribution in [0.2, 0.25) is 0 Å². The summed E-state index contributed by atoms with van der Waals surface area (Å²) in [6.07, 6.45) is 0. The van der Waals surface area contributed by atoms with E-state index in [2.05, 4.69) is 12.6 Å². The molecule has 0 aromatic carbocycles. The van der Waals surface area contributed by atoms with Gasteiger partial charge in [-0.15, -0.1) is 0 Å². The Kier molecular flexibility index (Phi) is 15.5. The predicted molar refractivity (Wildman–Crippen MR) is 59.2 cm³/mol. The lowest BCUT2D eigenvalue weighted by Crippen LogP contribution is -2.32. The van der Waals surface area contributed by atoms with Crippen LogP contribution in [0, 0.1) is 0 Å². The third kappa shape index (κ3) is 16.3. The molecule has 0 fully saturated rings. The van der Waals surface area contributed by atoms with Gasteiger partial charge in [0.1, 0.15) is 0 Å². The third-order valence-electron chi connectivity index (χ3n) is 1.38. The van der Waals surface area contributed by atoms with Gasteiger partial charge < -0.3 is 20.4 Å². The number of thiol groups is 1. The van der Waals surface area contributed by atoms with Crippen molar-refractivity contribution in [1.82, 2.24) is 4.90 Å². The van der Waals surface area contributed by atoms with Crippen LogP contribution < -0.4 is 0 Å². The van der Waals surface area contributed by atoms with Crippen LogP contribution in [-0.2, 0) is 4.79 Å². The first-order valence-electron chi connectivity index (χ1n) is 4.49. The maximum atomic E-state index is 9.29. The summed E-state index contributed by atoms with van der Waals surface area (Å²) in [5.74, 6) is -0.965. The van der Waals surface area contributed by atoms with Gasteiger partial charge >= 0.3 is 5.97 Å². The van der Waals surface area contributed by atoms with E-state index in [0.717, 1.165) is 0 Å². The lowest BCUT2D eigenvalue weighted by Gasteiger charge is -2.17. The zero-order valence-electron chi connectivity index (χ0n) is 8.54. The van der Waals surface area contributed by atoms with Crippen LogP contribution >= 0.6 is 12.6 Å². The molecule has 0 heterocycles. The molecule has 7 heteroatoms. The maximum Gasteiger partial charge on any atom is 0.313 e. The molecular weight excluding hydrogens is 222 g/mol. The van der Waals surface area contributed by atoms with Gasteiger partial charge in [0.25, 0.3) is 0 Å². The topological polar surface area (TPSA) is 101 Å². The summed E-state index contributed by atoms with van der Waals surface area (Å²) >= 11 is 3.42. The van der Waals surface area contributed by atoms with Crippen LogP contribution in [0.25, 0.3) is 0 Å². The summed E-state index contributed by atoms with van der Waals surface area (Å²) in [7, 11) is 0. The molecule has 0 amide bonds. The molecule has 0 bridgehead atoms. The van der Waals surface area contributed by atoms with Crippen molar-refractivity contribution >= 4 is 18.6 Å². The van der Waals surface area contributed by atoms with Gasteiger partial charge in [-0.1, -0.05) is 0 Å². The first kappa shape index (κ1) is 17.1. The van der Waals surface area contributed by atoms with Gasteiger partial charge in [0, 0.05) is 19.6 Å². The van der Waals surface area contributed by atoms with Crippen LogP contribution in [0.3, 0.4) is 0 Å². The fourth-order valence-electron chi connectivity index (χ4n) is 0.760. The SMILES string of the molecule is O=C(O)CS.OCCN(CCO)CCO. The molecular formula is C8H19NO5S. The fourth-order valence-corrected chi connectivity index (χ4v) is 0.760. The van der Waals surface area contributed by atoms with Crippen LogP contribution in [0.1, 0.15) is 0 Å². The summed E-state index contributed by atoms with van der Waals surface area (Å²) in [6, 6.07) is 0. The fraction of sp³-hybridized carbons (Fsp3) is 0.875. The Hall–Kier alpha value is -0.340. The Morgan fingerprint density at radius 3 is 1.40 bits per heavy atom. The predicted octanol–water partition coefficient (Wildman–Crippen LogP) is -1.73. The van der Waals surface area contributed by atoms with Crippen molar-refractivity contribution in [3.05, 3.63) is 0 Å². The standard InChI is InChI=1S/C6H15NO3.C2H4O2S/c8-4-1-7(2-5-9)3-6-10;3-2(4)1-5/h8-10H,1-6H2;5H,1H2,(H,3,4). The van der Waals surface area contributed by atoms with Gasteiger partial charge in [-0.25, -0.2) is 0 Å². The Labute approximate surface area is 94.6 Å². The Morgan fingerprint density at radius 2 is 1.27 bits per heavy atom. The smallest absolute Gasteiger partial charge is 0.313 e. The first-order chi connectivity index (χ1) is 7.12. The molecule has 15 heavy (non-hydrogen) atoms. The molecule has 0 radical (unpaired) electrons. The average Bonchev–Trinajstić information content (AvgIpc) is 2.20. The lowest BCUT2D eigenvalue weighted by atomic mass is 10.4. The monoisotopic (exact) mass is 241 g/mol. The van der Waals surface area contributed by atoms with Crippen LogP contribution in [0.4, 0.5) is 0 Å². The minimum absolute atomic E-state index is 0.0694. The molecule has 0 spiro atoms. The van der Waals surface area contributed by atoms with E-state index in [0.29, 0.717) is 19.6 Å². The Bertz CT molecular complexity index is 133. The number of aliphatic hydroxyl groups excluding tert-OH is 3. The first-order valence-corrected chi connectivity index (χ1v) is 5.13. The van der Waals surface area contributed by atoms with Gasteiger partial charge in [-0.2, -0.15) is 12.6 Å². The molecule has 0 aromatic heterocycles. The number of carboxylic acid groups (broad SMARTS) is 1. The van der Waals surface area contributed by atoms with Crippen LogP contribution in [0.15, 0.2) is 0 Å². The van der Waals surface area contributed by atoms with E-state index in [9.17, 15) is 4.79 Å². The van der Waals surface area contributed by atoms with Crippen LogP contribution in [0.5, 0.6) is 0 Å². The van der Waals surface area contributed by atoms with Crippen molar-refractivity contribution in [2.45, 2.75) is 0 Å². The van der Waals surface area contributed by atoms with Crippen molar-refractivity contribution in [2.75, 3.05) is 45.2 Å². The summed E-state index contributed by atoms with van der Waals surface area (Å²) in [4.78, 5) is 11.1. The van der Waals surface area contributed by atoms with Gasteiger partial charge in [-0.3, -0.25) is 9.69 Å². The molecule has 0 aliphatic carbocycles. The summed E-state index contributed by atoms with van der Waals surface area (Å²) in [5, 5.41) is 33.1. The molecule has 4 N–H and O–H groups in total. The zero-order valence-corrected chi connectivity index (χ0v) is 9.44. The molecule has 0 aromatic rings. The minimum atomic E-state index is -0.881. The molecule has 92 valence electrons. The lowest BCUT2D eigenvalue weighted by molar-refractivity contribution is -0.133. The highest BCUT2D eigenvalue weighted by atomic mass is 32.1. The van der Waals surface area contributed by atoms with E-state index >= 15 is 0 Å². The Balaban J connectivity index is 0. The molecule has 0 saturated carbocycles. The summed E-state index contributed by atoms with van der Waals surface area (Å²) in [6.45, 7) is 1.75. The van der Waals surface area contributed by atoms with Crippen molar-refractivity contribution in [1.29, 1.82) is 0 Å². The second-order valence-corrected chi connectivity index (χ2v) is 2.88. The second-order valence-electron chi connectivity index (χ2n) is 2.56. The molecule has 0 aliphatic heterocycles. The molecule has 0 atom stereocenters. The third-order valence-corrected chi connectivity index (χ3v) is 1.65. The number of hydrogen-bond donors (Lipinski definition) is 5. The number of aliphatic hydroxyl groups is 3. The number of carbonyl (C=O) groups is 1. The summed E-state index contributed by atoms with van der Waals surface area (Å²) in [5.41, 5.74) is 0. The van der Waals surface area contributed by atoms with Crippen LogP contribution in [-0.4, -0.2) is 76.5 Å². The van der Waals surface area contributed by atoms with E-state index in [-0.39, 0.29) is 25.6 Å². The largest absolute Gasteiger partial charge is 0.481 e. The average molecular weight is 241 g/mol. The van der Waals surface area contributed by atoms with E-state index in [1.807, 2.05) is 0 Å². The highest BCUT2D eigenvalue weighted by Crippen LogP contribution is 1.84.